The molecule has 18 heavy (non-hydrogen) atoms. The Balaban J connectivity index is 2.42. The maximum Gasteiger partial charge on any atom is 0.123 e. The third kappa shape index (κ3) is 2.43. The standard InChI is InChI=1S/C14H18FN3/c1-10-14(11-5-4-6-12(15)9-11)18(3)13(17-10)7-8-16-2/h4-6,9,16H,7-8H2,1-3H3. The zero-order valence-corrected chi connectivity index (χ0v) is 11.0. The fourth-order valence-electron chi connectivity index (χ4n) is 2.19. The van der Waals surface area contributed by atoms with Crippen LogP contribution in [0.3, 0.4) is 0 Å². The van der Waals surface area contributed by atoms with Gasteiger partial charge in [0.15, 0.2) is 0 Å². The summed E-state index contributed by atoms with van der Waals surface area (Å²) in [6.45, 7) is 2.84. The van der Waals surface area contributed by atoms with E-state index in [4.69, 9.17) is 0 Å². The number of halogens is 1. The summed E-state index contributed by atoms with van der Waals surface area (Å²) in [5.74, 6) is 0.797. The number of benzene rings is 1. The van der Waals surface area contributed by atoms with E-state index in [1.54, 1.807) is 12.1 Å². The van der Waals surface area contributed by atoms with E-state index >= 15 is 0 Å². The molecule has 1 heterocycles. The summed E-state index contributed by atoms with van der Waals surface area (Å²) < 4.78 is 15.3. The molecule has 0 unspecified atom stereocenters. The second-order valence-electron chi connectivity index (χ2n) is 4.38. The lowest BCUT2D eigenvalue weighted by Crippen LogP contribution is -2.13. The van der Waals surface area contributed by atoms with Crippen molar-refractivity contribution in [1.29, 1.82) is 0 Å². The van der Waals surface area contributed by atoms with Gasteiger partial charge in [-0.25, -0.2) is 9.37 Å². The number of imidazole rings is 1. The van der Waals surface area contributed by atoms with E-state index in [9.17, 15) is 4.39 Å². The zero-order chi connectivity index (χ0) is 13.1. The topological polar surface area (TPSA) is 29.9 Å². The Hall–Kier alpha value is -1.68. The summed E-state index contributed by atoms with van der Waals surface area (Å²) in [4.78, 5) is 4.55. The van der Waals surface area contributed by atoms with Gasteiger partial charge in [-0.2, -0.15) is 0 Å². The van der Waals surface area contributed by atoms with Gasteiger partial charge in [0.2, 0.25) is 0 Å². The van der Waals surface area contributed by atoms with Crippen molar-refractivity contribution in [2.24, 2.45) is 7.05 Å². The SMILES string of the molecule is CNCCc1nc(C)c(-c2cccc(F)c2)n1C. The fraction of sp³-hybridized carbons (Fsp3) is 0.357. The molecule has 0 saturated carbocycles. The van der Waals surface area contributed by atoms with E-state index in [1.807, 2.05) is 31.7 Å². The van der Waals surface area contributed by atoms with E-state index in [1.165, 1.54) is 6.07 Å². The first-order chi connectivity index (χ1) is 8.63. The monoisotopic (exact) mass is 247 g/mol. The minimum Gasteiger partial charge on any atom is -0.331 e. The minimum atomic E-state index is -0.218. The average molecular weight is 247 g/mol. The molecule has 1 N–H and O–H groups in total. The van der Waals surface area contributed by atoms with E-state index in [-0.39, 0.29) is 5.82 Å². The van der Waals surface area contributed by atoms with Gasteiger partial charge in [-0.1, -0.05) is 12.1 Å². The van der Waals surface area contributed by atoms with Crippen LogP contribution in [0.5, 0.6) is 0 Å². The molecule has 2 aromatic rings. The normalized spacial score (nSPS) is 10.9. The van der Waals surface area contributed by atoms with Crippen LogP contribution in [0, 0.1) is 12.7 Å². The molecule has 96 valence electrons. The van der Waals surface area contributed by atoms with Crippen molar-refractivity contribution in [2.45, 2.75) is 13.3 Å². The maximum absolute atomic E-state index is 13.3. The second-order valence-corrected chi connectivity index (χ2v) is 4.38. The highest BCUT2D eigenvalue weighted by atomic mass is 19.1. The van der Waals surface area contributed by atoms with Crippen LogP contribution in [0.1, 0.15) is 11.5 Å². The molecule has 3 nitrogen and oxygen atoms in total. The number of aromatic nitrogens is 2. The third-order valence-corrected chi connectivity index (χ3v) is 3.06. The van der Waals surface area contributed by atoms with Gasteiger partial charge in [-0.05, 0) is 26.1 Å². The number of aryl methyl sites for hydroxylation is 1. The summed E-state index contributed by atoms with van der Waals surface area (Å²) in [5, 5.41) is 3.11. The lowest BCUT2D eigenvalue weighted by Gasteiger charge is -2.07. The Morgan fingerprint density at radius 3 is 2.83 bits per heavy atom. The molecule has 0 aliphatic rings. The molecule has 4 heteroatoms. The van der Waals surface area contributed by atoms with Crippen LogP contribution in [-0.4, -0.2) is 23.1 Å². The van der Waals surface area contributed by atoms with E-state index in [0.717, 1.165) is 35.7 Å². The van der Waals surface area contributed by atoms with Gasteiger partial charge in [-0.15, -0.1) is 0 Å². The van der Waals surface area contributed by atoms with Crippen LogP contribution in [0.25, 0.3) is 11.3 Å². The molecule has 0 spiro atoms. The van der Waals surface area contributed by atoms with E-state index in [2.05, 4.69) is 10.3 Å². The minimum absolute atomic E-state index is 0.218. The third-order valence-electron chi connectivity index (χ3n) is 3.06. The second kappa shape index (κ2) is 5.31. The lowest BCUT2D eigenvalue weighted by molar-refractivity contribution is 0.628. The molecule has 0 aliphatic carbocycles. The zero-order valence-electron chi connectivity index (χ0n) is 11.0. The molecular formula is C14H18FN3. The van der Waals surface area contributed by atoms with Crippen molar-refractivity contribution in [1.82, 2.24) is 14.9 Å². The summed E-state index contributed by atoms with van der Waals surface area (Å²) >= 11 is 0. The van der Waals surface area contributed by atoms with Gasteiger partial charge in [-0.3, -0.25) is 0 Å². The van der Waals surface area contributed by atoms with Crippen LogP contribution in [-0.2, 0) is 13.5 Å². The Morgan fingerprint density at radius 2 is 2.17 bits per heavy atom. The molecule has 0 aliphatic heterocycles. The van der Waals surface area contributed by atoms with Crippen molar-refractivity contribution in [3.05, 3.63) is 41.6 Å². The van der Waals surface area contributed by atoms with Crippen molar-refractivity contribution < 1.29 is 4.39 Å². The average Bonchev–Trinajstić information content (AvgIpc) is 2.62. The quantitative estimate of drug-likeness (QED) is 0.898. The number of nitrogens with zero attached hydrogens (tertiary/aromatic N) is 2. The summed E-state index contributed by atoms with van der Waals surface area (Å²) in [5.41, 5.74) is 2.80. The van der Waals surface area contributed by atoms with Gasteiger partial charge in [0.05, 0.1) is 11.4 Å². The summed E-state index contributed by atoms with van der Waals surface area (Å²) in [7, 11) is 3.90. The Bertz CT molecular complexity index is 546. The van der Waals surface area contributed by atoms with Crippen LogP contribution in [0.4, 0.5) is 4.39 Å². The number of hydrogen-bond donors (Lipinski definition) is 1. The first-order valence-corrected chi connectivity index (χ1v) is 6.06. The van der Waals surface area contributed by atoms with Crippen molar-refractivity contribution in [3.63, 3.8) is 0 Å². The summed E-state index contributed by atoms with van der Waals surface area (Å²) in [6, 6.07) is 6.64. The first-order valence-electron chi connectivity index (χ1n) is 6.06. The van der Waals surface area contributed by atoms with Gasteiger partial charge >= 0.3 is 0 Å². The van der Waals surface area contributed by atoms with Gasteiger partial charge in [0.25, 0.3) is 0 Å². The van der Waals surface area contributed by atoms with Crippen molar-refractivity contribution in [2.75, 3.05) is 13.6 Å². The maximum atomic E-state index is 13.3. The molecule has 0 bridgehead atoms. The first kappa shape index (κ1) is 12.8. The molecule has 1 aromatic heterocycles. The molecule has 0 radical (unpaired) electrons. The van der Waals surface area contributed by atoms with Crippen LogP contribution in [0.15, 0.2) is 24.3 Å². The Kier molecular flexibility index (Phi) is 3.77. The summed E-state index contributed by atoms with van der Waals surface area (Å²) in [6.07, 6.45) is 0.864. The van der Waals surface area contributed by atoms with Gasteiger partial charge in [0, 0.05) is 25.6 Å². The van der Waals surface area contributed by atoms with Crippen molar-refractivity contribution in [3.8, 4) is 11.3 Å². The molecule has 0 atom stereocenters. The fourth-order valence-corrected chi connectivity index (χ4v) is 2.19. The molecule has 0 saturated heterocycles. The van der Waals surface area contributed by atoms with Crippen LogP contribution < -0.4 is 5.32 Å². The van der Waals surface area contributed by atoms with Crippen LogP contribution >= 0.6 is 0 Å². The van der Waals surface area contributed by atoms with Crippen molar-refractivity contribution >= 4 is 0 Å². The highest BCUT2D eigenvalue weighted by Crippen LogP contribution is 2.24. The van der Waals surface area contributed by atoms with Gasteiger partial charge in [0.1, 0.15) is 11.6 Å². The van der Waals surface area contributed by atoms with Gasteiger partial charge < -0.3 is 9.88 Å². The largest absolute Gasteiger partial charge is 0.331 e. The number of likely N-dealkylation sites (N-methyl/N-ethyl adjacent to an activating group) is 1. The number of hydrogen-bond acceptors (Lipinski definition) is 2. The van der Waals surface area contributed by atoms with E-state index in [0.29, 0.717) is 0 Å². The lowest BCUT2D eigenvalue weighted by atomic mass is 10.1. The predicted molar refractivity (Wildman–Crippen MR) is 71.0 cm³/mol. The molecular weight excluding hydrogens is 229 g/mol. The van der Waals surface area contributed by atoms with E-state index < -0.39 is 0 Å². The number of nitrogens with one attached hydrogen (secondary N) is 1. The molecule has 1 aromatic carbocycles. The predicted octanol–water partition coefficient (Wildman–Crippen LogP) is 2.30. The highest BCUT2D eigenvalue weighted by Gasteiger charge is 2.13. The Morgan fingerprint density at radius 1 is 1.39 bits per heavy atom. The highest BCUT2D eigenvalue weighted by molar-refractivity contribution is 5.62. The molecule has 2 rings (SSSR count). The Labute approximate surface area is 107 Å². The van der Waals surface area contributed by atoms with Crippen LogP contribution in [0.2, 0.25) is 0 Å². The smallest absolute Gasteiger partial charge is 0.123 e. The molecule has 0 fully saturated rings. The number of rotatable bonds is 4. The molecule has 0 amide bonds.